The van der Waals surface area contributed by atoms with Crippen molar-refractivity contribution < 1.29 is 4.74 Å². The van der Waals surface area contributed by atoms with Crippen molar-refractivity contribution in [3.63, 3.8) is 0 Å². The second kappa shape index (κ2) is 7.18. The minimum absolute atomic E-state index is 0.0857. The molecular formula is C16H28N4O. The molecule has 5 heteroatoms. The van der Waals surface area contributed by atoms with Gasteiger partial charge in [0.2, 0.25) is 5.88 Å². The maximum atomic E-state index is 5.78. The Hall–Kier alpha value is -1.20. The number of hydrogen-bond acceptors (Lipinski definition) is 5. The summed E-state index contributed by atoms with van der Waals surface area (Å²) in [6.45, 7) is 9.00. The molecule has 5 nitrogen and oxygen atoms in total. The first-order valence-electron chi connectivity index (χ1n) is 7.83. The molecule has 1 aliphatic heterocycles. The molecule has 2 rings (SSSR count). The lowest BCUT2D eigenvalue weighted by Crippen LogP contribution is -2.40. The SMILES string of the molecule is CN1CCCCC1COc1cnc(CNC(C)(C)C)cn1. The van der Waals surface area contributed by atoms with Gasteiger partial charge in [-0.1, -0.05) is 6.42 Å². The van der Waals surface area contributed by atoms with Crippen molar-refractivity contribution in [3.8, 4) is 5.88 Å². The molecule has 118 valence electrons. The number of nitrogens with one attached hydrogen (secondary N) is 1. The average Bonchev–Trinajstić information content (AvgIpc) is 2.45. The molecular weight excluding hydrogens is 264 g/mol. The van der Waals surface area contributed by atoms with Crippen LogP contribution in [0.3, 0.4) is 0 Å². The van der Waals surface area contributed by atoms with Crippen molar-refractivity contribution in [2.45, 2.75) is 58.2 Å². The molecule has 1 unspecified atom stereocenters. The van der Waals surface area contributed by atoms with E-state index in [9.17, 15) is 0 Å². The lowest BCUT2D eigenvalue weighted by Gasteiger charge is -2.31. The predicted molar refractivity (Wildman–Crippen MR) is 84.4 cm³/mol. The van der Waals surface area contributed by atoms with Gasteiger partial charge < -0.3 is 15.0 Å². The zero-order valence-electron chi connectivity index (χ0n) is 13.7. The minimum Gasteiger partial charge on any atom is -0.475 e. The van der Waals surface area contributed by atoms with Crippen LogP contribution in [0, 0.1) is 0 Å². The van der Waals surface area contributed by atoms with E-state index in [1.54, 1.807) is 12.4 Å². The zero-order chi connectivity index (χ0) is 15.3. The number of nitrogens with zero attached hydrogens (tertiary/aromatic N) is 3. The van der Waals surface area contributed by atoms with Crippen LogP contribution in [0.25, 0.3) is 0 Å². The summed E-state index contributed by atoms with van der Waals surface area (Å²) in [7, 11) is 2.17. The Labute approximate surface area is 128 Å². The lowest BCUT2D eigenvalue weighted by molar-refractivity contribution is 0.122. The first-order valence-corrected chi connectivity index (χ1v) is 7.83. The van der Waals surface area contributed by atoms with Crippen LogP contribution in [0.1, 0.15) is 45.7 Å². The van der Waals surface area contributed by atoms with Gasteiger partial charge in [-0.25, -0.2) is 4.98 Å². The number of likely N-dealkylation sites (N-methyl/N-ethyl adjacent to an activating group) is 1. The lowest BCUT2D eigenvalue weighted by atomic mass is 10.0. The molecule has 21 heavy (non-hydrogen) atoms. The monoisotopic (exact) mass is 292 g/mol. The quantitative estimate of drug-likeness (QED) is 0.902. The van der Waals surface area contributed by atoms with E-state index in [0.717, 1.165) is 18.8 Å². The van der Waals surface area contributed by atoms with E-state index in [1.807, 2.05) is 0 Å². The summed E-state index contributed by atoms with van der Waals surface area (Å²) < 4.78 is 5.78. The van der Waals surface area contributed by atoms with Gasteiger partial charge in [0.1, 0.15) is 6.61 Å². The molecule has 2 heterocycles. The van der Waals surface area contributed by atoms with Crippen LogP contribution in [0.2, 0.25) is 0 Å². The Balaban J connectivity index is 1.79. The molecule has 1 aromatic heterocycles. The third kappa shape index (κ3) is 5.59. The van der Waals surface area contributed by atoms with Gasteiger partial charge in [0.15, 0.2) is 0 Å². The molecule has 1 N–H and O–H groups in total. The van der Waals surface area contributed by atoms with E-state index in [4.69, 9.17) is 4.74 Å². The highest BCUT2D eigenvalue weighted by Crippen LogP contribution is 2.16. The highest BCUT2D eigenvalue weighted by atomic mass is 16.5. The van der Waals surface area contributed by atoms with E-state index in [-0.39, 0.29) is 5.54 Å². The van der Waals surface area contributed by atoms with Crippen molar-refractivity contribution in [2.24, 2.45) is 0 Å². The van der Waals surface area contributed by atoms with Crippen molar-refractivity contribution in [1.29, 1.82) is 0 Å². The van der Waals surface area contributed by atoms with Gasteiger partial charge in [-0.05, 0) is 47.2 Å². The van der Waals surface area contributed by atoms with Crippen molar-refractivity contribution in [2.75, 3.05) is 20.2 Å². The highest BCUT2D eigenvalue weighted by molar-refractivity contribution is 5.07. The average molecular weight is 292 g/mol. The summed E-state index contributed by atoms with van der Waals surface area (Å²) in [5.41, 5.74) is 1.02. The van der Waals surface area contributed by atoms with Gasteiger partial charge in [0.05, 0.1) is 18.1 Å². The van der Waals surface area contributed by atoms with Gasteiger partial charge in [0, 0.05) is 18.1 Å². The molecule has 1 saturated heterocycles. The van der Waals surface area contributed by atoms with Crippen LogP contribution in [0.4, 0.5) is 0 Å². The van der Waals surface area contributed by atoms with E-state index in [2.05, 4.69) is 48.0 Å². The number of rotatable bonds is 5. The standard InChI is InChI=1S/C16H28N4O/c1-16(2,3)19-10-13-9-18-15(11-17-13)21-12-14-7-5-6-8-20(14)4/h9,11,14,19H,5-8,10,12H2,1-4H3. The van der Waals surface area contributed by atoms with Crippen LogP contribution in [0.5, 0.6) is 5.88 Å². The second-order valence-electron chi connectivity index (χ2n) is 6.89. The van der Waals surface area contributed by atoms with E-state index < -0.39 is 0 Å². The smallest absolute Gasteiger partial charge is 0.232 e. The first kappa shape index (κ1) is 16.2. The molecule has 1 fully saturated rings. The Morgan fingerprint density at radius 1 is 1.29 bits per heavy atom. The topological polar surface area (TPSA) is 50.3 Å². The Morgan fingerprint density at radius 3 is 2.71 bits per heavy atom. The second-order valence-corrected chi connectivity index (χ2v) is 6.89. The van der Waals surface area contributed by atoms with Crippen LogP contribution in [-0.4, -0.2) is 46.6 Å². The molecule has 0 saturated carbocycles. The normalized spacial score (nSPS) is 20.5. The molecule has 0 aromatic carbocycles. The molecule has 1 atom stereocenters. The fraction of sp³-hybridized carbons (Fsp3) is 0.750. The third-order valence-electron chi connectivity index (χ3n) is 3.83. The van der Waals surface area contributed by atoms with Crippen LogP contribution >= 0.6 is 0 Å². The summed E-state index contributed by atoms with van der Waals surface area (Å²) in [6, 6.07) is 0.503. The minimum atomic E-state index is 0.0857. The first-order chi connectivity index (χ1) is 9.94. The van der Waals surface area contributed by atoms with Crippen LogP contribution < -0.4 is 10.1 Å². The number of ether oxygens (including phenoxy) is 1. The largest absolute Gasteiger partial charge is 0.475 e. The highest BCUT2D eigenvalue weighted by Gasteiger charge is 2.19. The number of likely N-dealkylation sites (tertiary alicyclic amines) is 1. The fourth-order valence-corrected chi connectivity index (χ4v) is 2.40. The predicted octanol–water partition coefficient (Wildman–Crippen LogP) is 2.23. The molecule has 0 spiro atoms. The van der Waals surface area contributed by atoms with E-state index in [0.29, 0.717) is 18.5 Å². The number of hydrogen-bond donors (Lipinski definition) is 1. The summed E-state index contributed by atoms with van der Waals surface area (Å²) in [5, 5.41) is 3.40. The third-order valence-corrected chi connectivity index (χ3v) is 3.83. The van der Waals surface area contributed by atoms with Crippen LogP contribution in [0.15, 0.2) is 12.4 Å². The number of piperidine rings is 1. The van der Waals surface area contributed by atoms with Crippen molar-refractivity contribution in [1.82, 2.24) is 20.2 Å². The van der Waals surface area contributed by atoms with E-state index >= 15 is 0 Å². The molecule has 1 aromatic rings. The summed E-state index contributed by atoms with van der Waals surface area (Å²) in [4.78, 5) is 11.1. The molecule has 0 radical (unpaired) electrons. The van der Waals surface area contributed by atoms with Gasteiger partial charge in [-0.2, -0.15) is 0 Å². The van der Waals surface area contributed by atoms with Crippen molar-refractivity contribution >= 4 is 0 Å². The van der Waals surface area contributed by atoms with E-state index in [1.165, 1.54) is 19.3 Å². The zero-order valence-corrected chi connectivity index (χ0v) is 13.7. The summed E-state index contributed by atoms with van der Waals surface area (Å²) >= 11 is 0. The molecule has 1 aliphatic rings. The van der Waals surface area contributed by atoms with Gasteiger partial charge in [0.25, 0.3) is 0 Å². The van der Waals surface area contributed by atoms with Gasteiger partial charge in [-0.3, -0.25) is 4.98 Å². The maximum Gasteiger partial charge on any atom is 0.232 e. The molecule has 0 bridgehead atoms. The van der Waals surface area contributed by atoms with Gasteiger partial charge >= 0.3 is 0 Å². The summed E-state index contributed by atoms with van der Waals surface area (Å²) in [5.74, 6) is 0.619. The fourth-order valence-electron chi connectivity index (χ4n) is 2.40. The maximum absolute atomic E-state index is 5.78. The Bertz CT molecular complexity index is 427. The molecule has 0 aliphatic carbocycles. The van der Waals surface area contributed by atoms with Crippen molar-refractivity contribution in [3.05, 3.63) is 18.1 Å². The van der Waals surface area contributed by atoms with Crippen LogP contribution in [-0.2, 0) is 6.54 Å². The Morgan fingerprint density at radius 2 is 2.10 bits per heavy atom. The molecule has 0 amide bonds. The summed E-state index contributed by atoms with van der Waals surface area (Å²) in [6.07, 6.45) is 7.31. The van der Waals surface area contributed by atoms with Gasteiger partial charge in [-0.15, -0.1) is 0 Å². The number of aromatic nitrogens is 2. The Kier molecular flexibility index (Phi) is 5.53.